The third-order valence-corrected chi connectivity index (χ3v) is 5.21. The fraction of sp³-hybridized carbons (Fsp3) is 1.00. The molecule has 1 saturated heterocycles. The highest BCUT2D eigenvalue weighted by atomic mass is 32.2. The molecule has 0 atom stereocenters. The Morgan fingerprint density at radius 1 is 1.35 bits per heavy atom. The van der Waals surface area contributed by atoms with Crippen molar-refractivity contribution in [2.45, 2.75) is 32.2 Å². The predicted octanol–water partition coefficient (Wildman–Crippen LogP) is 0.427. The number of hydrogen-bond donors (Lipinski definition) is 1. The summed E-state index contributed by atoms with van der Waals surface area (Å²) in [5.74, 6) is 0.193. The zero-order valence-electron chi connectivity index (χ0n) is 10.8. The van der Waals surface area contributed by atoms with E-state index in [9.17, 15) is 8.42 Å². The van der Waals surface area contributed by atoms with E-state index in [2.05, 4.69) is 5.32 Å². The first-order valence-electron chi connectivity index (χ1n) is 6.31. The van der Waals surface area contributed by atoms with E-state index in [-0.39, 0.29) is 11.8 Å². The Morgan fingerprint density at radius 3 is 2.53 bits per heavy atom. The van der Waals surface area contributed by atoms with Crippen molar-refractivity contribution < 1.29 is 13.2 Å². The van der Waals surface area contributed by atoms with Crippen LogP contribution in [0, 0.1) is 0 Å². The van der Waals surface area contributed by atoms with E-state index in [1.165, 1.54) is 0 Å². The van der Waals surface area contributed by atoms with Gasteiger partial charge in [0.25, 0.3) is 0 Å². The van der Waals surface area contributed by atoms with Gasteiger partial charge >= 0.3 is 0 Å². The summed E-state index contributed by atoms with van der Waals surface area (Å²) in [4.78, 5) is 0. The van der Waals surface area contributed by atoms with Crippen LogP contribution in [0.1, 0.15) is 26.2 Å². The van der Waals surface area contributed by atoms with Crippen molar-refractivity contribution in [3.8, 4) is 0 Å². The first-order chi connectivity index (χ1) is 8.11. The van der Waals surface area contributed by atoms with Crippen molar-refractivity contribution in [3.05, 3.63) is 0 Å². The Kier molecular flexibility index (Phi) is 6.40. The van der Waals surface area contributed by atoms with Crippen molar-refractivity contribution in [2.24, 2.45) is 0 Å². The molecule has 0 aliphatic carbocycles. The average molecular weight is 264 g/mol. The number of ether oxygens (including phenoxy) is 1. The summed E-state index contributed by atoms with van der Waals surface area (Å²) in [5.41, 5.74) is 0. The fourth-order valence-electron chi connectivity index (χ4n) is 2.28. The lowest BCUT2D eigenvalue weighted by Gasteiger charge is -2.32. The van der Waals surface area contributed by atoms with Crippen LogP contribution in [-0.4, -0.2) is 57.9 Å². The molecular weight excluding hydrogens is 240 g/mol. The van der Waals surface area contributed by atoms with Gasteiger partial charge in [0, 0.05) is 26.3 Å². The highest BCUT2D eigenvalue weighted by molar-refractivity contribution is 7.89. The summed E-state index contributed by atoms with van der Waals surface area (Å²) in [5, 5.41) is 3.26. The lowest BCUT2D eigenvalue weighted by atomic mass is 10.1. The topological polar surface area (TPSA) is 58.6 Å². The van der Waals surface area contributed by atoms with Gasteiger partial charge < -0.3 is 10.1 Å². The van der Waals surface area contributed by atoms with E-state index in [4.69, 9.17) is 4.74 Å². The second-order valence-electron chi connectivity index (χ2n) is 4.35. The smallest absolute Gasteiger partial charge is 0.214 e. The van der Waals surface area contributed by atoms with E-state index >= 15 is 0 Å². The van der Waals surface area contributed by atoms with Crippen LogP contribution in [0.5, 0.6) is 0 Å². The molecule has 1 heterocycles. The fourth-order valence-corrected chi connectivity index (χ4v) is 4.06. The Hall–Kier alpha value is -0.170. The number of piperidine rings is 1. The van der Waals surface area contributed by atoms with Gasteiger partial charge in [-0.1, -0.05) is 6.92 Å². The molecule has 5 nitrogen and oxygen atoms in total. The van der Waals surface area contributed by atoms with Crippen LogP contribution in [0.25, 0.3) is 0 Å². The molecule has 1 N–H and O–H groups in total. The largest absolute Gasteiger partial charge is 0.385 e. The molecule has 1 aliphatic rings. The molecule has 1 aliphatic heterocycles. The van der Waals surface area contributed by atoms with Crippen LogP contribution in [0.4, 0.5) is 0 Å². The normalized spacial score (nSPS) is 18.8. The minimum atomic E-state index is -3.12. The summed E-state index contributed by atoms with van der Waals surface area (Å²) in [7, 11) is -1.52. The Balaban J connectivity index is 2.57. The Bertz CT molecular complexity index is 300. The lowest BCUT2D eigenvalue weighted by Crippen LogP contribution is -2.46. The first-order valence-corrected chi connectivity index (χ1v) is 7.92. The van der Waals surface area contributed by atoms with Crippen LogP contribution in [-0.2, 0) is 14.8 Å². The molecule has 0 amide bonds. The molecule has 0 aromatic heterocycles. The molecule has 0 spiro atoms. The maximum Gasteiger partial charge on any atom is 0.214 e. The van der Waals surface area contributed by atoms with Gasteiger partial charge in [-0.25, -0.2) is 8.42 Å². The van der Waals surface area contributed by atoms with E-state index < -0.39 is 10.0 Å². The number of nitrogens with one attached hydrogen (secondary N) is 1. The van der Waals surface area contributed by atoms with Gasteiger partial charge in [-0.3, -0.25) is 0 Å². The predicted molar refractivity (Wildman–Crippen MR) is 68.6 cm³/mol. The van der Waals surface area contributed by atoms with Crippen LogP contribution < -0.4 is 5.32 Å². The van der Waals surface area contributed by atoms with Crippen molar-refractivity contribution in [2.75, 3.05) is 39.1 Å². The summed E-state index contributed by atoms with van der Waals surface area (Å²) < 4.78 is 30.9. The van der Waals surface area contributed by atoms with Gasteiger partial charge in [-0.15, -0.1) is 0 Å². The minimum Gasteiger partial charge on any atom is -0.385 e. The van der Waals surface area contributed by atoms with Crippen molar-refractivity contribution in [3.63, 3.8) is 0 Å². The molecular formula is C11H24N2O3S. The summed E-state index contributed by atoms with van der Waals surface area (Å²) in [6, 6.07) is 0.175. The number of nitrogens with zero attached hydrogens (tertiary/aromatic N) is 1. The zero-order valence-corrected chi connectivity index (χ0v) is 11.6. The first kappa shape index (κ1) is 14.9. The van der Waals surface area contributed by atoms with Gasteiger partial charge in [0.15, 0.2) is 0 Å². The van der Waals surface area contributed by atoms with E-state index in [0.29, 0.717) is 19.6 Å². The standard InChI is InChI=1S/C11H24N2O3S/c1-3-13(11-5-7-12-8-6-11)17(14,15)10-4-9-16-2/h11-12H,3-10H2,1-2H3. The molecule has 0 saturated carbocycles. The van der Waals surface area contributed by atoms with Gasteiger partial charge in [-0.2, -0.15) is 4.31 Å². The monoisotopic (exact) mass is 264 g/mol. The second kappa shape index (κ2) is 7.31. The summed E-state index contributed by atoms with van der Waals surface area (Å²) in [6.45, 7) is 4.81. The van der Waals surface area contributed by atoms with Gasteiger partial charge in [0.1, 0.15) is 0 Å². The Labute approximate surface area is 105 Å². The Morgan fingerprint density at radius 2 is 2.00 bits per heavy atom. The van der Waals surface area contributed by atoms with Crippen molar-refractivity contribution in [1.82, 2.24) is 9.62 Å². The van der Waals surface area contributed by atoms with E-state index in [1.54, 1.807) is 11.4 Å². The molecule has 0 radical (unpaired) electrons. The number of sulfonamides is 1. The third kappa shape index (κ3) is 4.54. The number of methoxy groups -OCH3 is 1. The van der Waals surface area contributed by atoms with Crippen LogP contribution >= 0.6 is 0 Å². The van der Waals surface area contributed by atoms with Gasteiger partial charge in [0.2, 0.25) is 10.0 Å². The van der Waals surface area contributed by atoms with Crippen LogP contribution in [0.2, 0.25) is 0 Å². The van der Waals surface area contributed by atoms with Crippen molar-refractivity contribution >= 4 is 10.0 Å². The average Bonchev–Trinajstić information content (AvgIpc) is 2.31. The SMILES string of the molecule is CCN(C1CCNCC1)S(=O)(=O)CCCOC. The molecule has 0 unspecified atom stereocenters. The summed E-state index contributed by atoms with van der Waals surface area (Å²) in [6.07, 6.45) is 2.40. The number of hydrogen-bond acceptors (Lipinski definition) is 4. The zero-order chi connectivity index (χ0) is 12.7. The third-order valence-electron chi connectivity index (χ3n) is 3.14. The molecule has 1 rings (SSSR count). The molecule has 1 fully saturated rings. The molecule has 0 aromatic rings. The molecule has 0 bridgehead atoms. The van der Waals surface area contributed by atoms with Crippen LogP contribution in [0.3, 0.4) is 0 Å². The minimum absolute atomic E-state index is 0.175. The maximum absolute atomic E-state index is 12.2. The highest BCUT2D eigenvalue weighted by Crippen LogP contribution is 2.16. The van der Waals surface area contributed by atoms with Gasteiger partial charge in [0.05, 0.1) is 5.75 Å². The summed E-state index contributed by atoms with van der Waals surface area (Å²) >= 11 is 0. The molecule has 6 heteroatoms. The second-order valence-corrected chi connectivity index (χ2v) is 6.39. The number of rotatable bonds is 7. The van der Waals surface area contributed by atoms with E-state index in [1.807, 2.05) is 6.92 Å². The molecule has 17 heavy (non-hydrogen) atoms. The molecule has 102 valence electrons. The quantitative estimate of drug-likeness (QED) is 0.677. The highest BCUT2D eigenvalue weighted by Gasteiger charge is 2.28. The maximum atomic E-state index is 12.2. The van der Waals surface area contributed by atoms with E-state index in [0.717, 1.165) is 25.9 Å². The van der Waals surface area contributed by atoms with Crippen molar-refractivity contribution in [1.29, 1.82) is 0 Å². The molecule has 0 aromatic carbocycles. The lowest BCUT2D eigenvalue weighted by molar-refractivity contribution is 0.198. The van der Waals surface area contributed by atoms with Gasteiger partial charge in [-0.05, 0) is 32.4 Å². The van der Waals surface area contributed by atoms with Crippen LogP contribution in [0.15, 0.2) is 0 Å².